The van der Waals surface area contributed by atoms with Gasteiger partial charge in [-0.05, 0) is 30.3 Å². The number of carboxylic acid groups (broad SMARTS) is 1. The molecule has 3 rings (SSSR count). The minimum absolute atomic E-state index is 0.138. The van der Waals surface area contributed by atoms with Gasteiger partial charge in [0.15, 0.2) is 0 Å². The Bertz CT molecular complexity index is 829. The van der Waals surface area contributed by atoms with Crippen LogP contribution in [0.4, 0.5) is 0 Å². The quantitative estimate of drug-likeness (QED) is 0.788. The van der Waals surface area contributed by atoms with Crippen LogP contribution in [0.15, 0.2) is 35.1 Å². The third kappa shape index (κ3) is 2.07. The summed E-state index contributed by atoms with van der Waals surface area (Å²) < 4.78 is 2.19. The molecule has 0 aliphatic heterocycles. The maximum atomic E-state index is 12.0. The Morgan fingerprint density at radius 3 is 2.53 bits per heavy atom. The number of aromatic nitrogens is 1. The number of fused-ring (bicyclic) bond motifs is 1. The molecule has 0 bridgehead atoms. The number of carboxylic acids is 1. The molecular formula is C12H6ClNO3S2. The molecule has 0 radical (unpaired) electrons. The van der Waals surface area contributed by atoms with Crippen molar-refractivity contribution < 1.29 is 9.90 Å². The van der Waals surface area contributed by atoms with E-state index in [1.165, 1.54) is 10.6 Å². The Morgan fingerprint density at radius 2 is 1.89 bits per heavy atom. The zero-order valence-electron chi connectivity index (χ0n) is 9.29. The van der Waals surface area contributed by atoms with E-state index < -0.39 is 5.97 Å². The van der Waals surface area contributed by atoms with Gasteiger partial charge in [-0.3, -0.25) is 9.36 Å². The predicted molar refractivity (Wildman–Crippen MR) is 77.3 cm³/mol. The van der Waals surface area contributed by atoms with Crippen molar-refractivity contribution in [3.8, 4) is 5.69 Å². The van der Waals surface area contributed by atoms with E-state index in [4.69, 9.17) is 16.7 Å². The minimum Gasteiger partial charge on any atom is -0.477 e. The summed E-state index contributed by atoms with van der Waals surface area (Å²) >= 11 is 7.95. The van der Waals surface area contributed by atoms with Gasteiger partial charge < -0.3 is 5.11 Å². The Labute approximate surface area is 120 Å². The van der Waals surface area contributed by atoms with Gasteiger partial charge in [-0.1, -0.05) is 22.9 Å². The molecule has 0 aliphatic carbocycles. The number of halogens is 1. The highest BCUT2D eigenvalue weighted by Gasteiger charge is 2.16. The van der Waals surface area contributed by atoms with E-state index in [-0.39, 0.29) is 9.75 Å². The standard InChI is InChI=1S/C12H6ClNO3S2/c13-6-1-3-7(4-2-6)14-10-8(19-12(14)17)5-9(18-10)11(15)16/h1-5H,(H,15,16). The van der Waals surface area contributed by atoms with E-state index in [2.05, 4.69) is 0 Å². The first kappa shape index (κ1) is 12.4. The normalized spacial score (nSPS) is 11.0. The summed E-state index contributed by atoms with van der Waals surface area (Å²) in [6.07, 6.45) is 0. The van der Waals surface area contributed by atoms with Gasteiger partial charge in [-0.15, -0.1) is 11.3 Å². The molecule has 0 amide bonds. The van der Waals surface area contributed by atoms with Crippen LogP contribution in [0.5, 0.6) is 0 Å². The fraction of sp³-hybridized carbons (Fsp3) is 0. The molecule has 0 aliphatic rings. The summed E-state index contributed by atoms with van der Waals surface area (Å²) in [7, 11) is 0. The molecule has 96 valence electrons. The third-order valence-electron chi connectivity index (χ3n) is 2.56. The Morgan fingerprint density at radius 1 is 1.21 bits per heavy atom. The summed E-state index contributed by atoms with van der Waals surface area (Å²) in [5, 5.41) is 9.57. The van der Waals surface area contributed by atoms with Crippen LogP contribution in [0.25, 0.3) is 15.2 Å². The number of aromatic carboxylic acids is 1. The second-order valence-corrected chi connectivity index (χ2v) is 6.23. The van der Waals surface area contributed by atoms with Gasteiger partial charge >= 0.3 is 10.8 Å². The number of carbonyl (C=O) groups is 1. The lowest BCUT2D eigenvalue weighted by atomic mass is 10.3. The monoisotopic (exact) mass is 311 g/mol. The van der Waals surface area contributed by atoms with Gasteiger partial charge in [0.2, 0.25) is 0 Å². The first-order valence-electron chi connectivity index (χ1n) is 5.21. The van der Waals surface area contributed by atoms with Crippen LogP contribution in [0.3, 0.4) is 0 Å². The van der Waals surface area contributed by atoms with Crippen molar-refractivity contribution in [1.82, 2.24) is 4.57 Å². The molecule has 0 saturated carbocycles. The van der Waals surface area contributed by atoms with Crippen LogP contribution >= 0.6 is 34.3 Å². The van der Waals surface area contributed by atoms with Gasteiger partial charge in [0.05, 0.1) is 10.4 Å². The van der Waals surface area contributed by atoms with Crippen molar-refractivity contribution in [2.75, 3.05) is 0 Å². The lowest BCUT2D eigenvalue weighted by Crippen LogP contribution is -2.09. The van der Waals surface area contributed by atoms with Gasteiger partial charge in [-0.25, -0.2) is 4.79 Å². The molecule has 3 aromatic rings. The summed E-state index contributed by atoms with van der Waals surface area (Å²) in [5.41, 5.74) is 0.680. The SMILES string of the molecule is O=C(O)c1cc2sc(=O)n(-c3ccc(Cl)cc3)c2s1. The molecule has 0 fully saturated rings. The maximum absolute atomic E-state index is 12.0. The number of thiazole rings is 1. The van der Waals surface area contributed by atoms with Crippen LogP contribution in [0.1, 0.15) is 9.67 Å². The highest BCUT2D eigenvalue weighted by atomic mass is 35.5. The average Bonchev–Trinajstić information content (AvgIpc) is 2.87. The van der Waals surface area contributed by atoms with Gasteiger partial charge in [0, 0.05) is 5.02 Å². The number of nitrogens with zero attached hydrogens (tertiary/aromatic N) is 1. The number of benzene rings is 1. The third-order valence-corrected chi connectivity index (χ3v) is 4.94. The van der Waals surface area contributed by atoms with E-state index in [0.29, 0.717) is 20.2 Å². The molecule has 0 saturated heterocycles. The topological polar surface area (TPSA) is 59.3 Å². The van der Waals surface area contributed by atoms with Crippen molar-refractivity contribution in [3.05, 3.63) is 49.9 Å². The van der Waals surface area contributed by atoms with E-state index in [0.717, 1.165) is 22.7 Å². The van der Waals surface area contributed by atoms with E-state index in [1.54, 1.807) is 24.3 Å². The van der Waals surface area contributed by atoms with Gasteiger partial charge in [0.1, 0.15) is 9.71 Å². The van der Waals surface area contributed by atoms with Crippen molar-refractivity contribution in [2.45, 2.75) is 0 Å². The summed E-state index contributed by atoms with van der Waals surface area (Å²) in [5.74, 6) is -0.983. The molecule has 0 spiro atoms. The van der Waals surface area contributed by atoms with Crippen molar-refractivity contribution >= 4 is 49.8 Å². The lowest BCUT2D eigenvalue weighted by Gasteiger charge is -2.01. The number of hydrogen-bond donors (Lipinski definition) is 1. The fourth-order valence-corrected chi connectivity index (χ4v) is 3.99. The van der Waals surface area contributed by atoms with Crippen molar-refractivity contribution in [3.63, 3.8) is 0 Å². The Kier molecular flexibility index (Phi) is 2.93. The maximum Gasteiger partial charge on any atom is 0.345 e. The van der Waals surface area contributed by atoms with Crippen molar-refractivity contribution in [2.24, 2.45) is 0 Å². The highest BCUT2D eigenvalue weighted by Crippen LogP contribution is 2.30. The molecule has 7 heteroatoms. The number of thiophene rings is 1. The zero-order valence-corrected chi connectivity index (χ0v) is 11.7. The molecule has 1 N–H and O–H groups in total. The van der Waals surface area contributed by atoms with Gasteiger partial charge in [0.25, 0.3) is 0 Å². The lowest BCUT2D eigenvalue weighted by molar-refractivity contribution is 0.0702. The summed E-state index contributed by atoms with van der Waals surface area (Å²) in [6.45, 7) is 0. The second kappa shape index (κ2) is 4.48. The fourth-order valence-electron chi connectivity index (χ4n) is 1.73. The Balaban J connectivity index is 2.27. The summed E-state index contributed by atoms with van der Waals surface area (Å²) in [4.78, 5) is 23.7. The van der Waals surface area contributed by atoms with Crippen LogP contribution in [-0.4, -0.2) is 15.6 Å². The van der Waals surface area contributed by atoms with Crippen LogP contribution < -0.4 is 4.87 Å². The Hall–Kier alpha value is -1.63. The molecule has 0 atom stereocenters. The van der Waals surface area contributed by atoms with E-state index in [9.17, 15) is 9.59 Å². The number of hydrogen-bond acceptors (Lipinski definition) is 4. The molecule has 4 nitrogen and oxygen atoms in total. The summed E-state index contributed by atoms with van der Waals surface area (Å²) in [6, 6.07) is 8.38. The largest absolute Gasteiger partial charge is 0.477 e. The first-order valence-corrected chi connectivity index (χ1v) is 7.22. The van der Waals surface area contributed by atoms with E-state index >= 15 is 0 Å². The van der Waals surface area contributed by atoms with Crippen LogP contribution in [0.2, 0.25) is 5.02 Å². The minimum atomic E-state index is -0.983. The zero-order chi connectivity index (χ0) is 13.6. The molecule has 2 heterocycles. The molecular weight excluding hydrogens is 306 g/mol. The number of rotatable bonds is 2. The molecule has 19 heavy (non-hydrogen) atoms. The molecule has 1 aromatic carbocycles. The molecule has 0 unspecified atom stereocenters. The smallest absolute Gasteiger partial charge is 0.345 e. The van der Waals surface area contributed by atoms with E-state index in [1.807, 2.05) is 0 Å². The molecule has 2 aromatic heterocycles. The van der Waals surface area contributed by atoms with Gasteiger partial charge in [-0.2, -0.15) is 0 Å². The first-order chi connectivity index (χ1) is 9.06. The predicted octanol–water partition coefficient (Wildman–Crippen LogP) is 3.47. The van der Waals surface area contributed by atoms with Crippen LogP contribution in [-0.2, 0) is 0 Å². The van der Waals surface area contributed by atoms with Crippen molar-refractivity contribution in [1.29, 1.82) is 0 Å². The second-order valence-electron chi connectivity index (χ2n) is 3.77. The average molecular weight is 312 g/mol. The van der Waals surface area contributed by atoms with Crippen LogP contribution in [0, 0.1) is 0 Å². The highest BCUT2D eigenvalue weighted by molar-refractivity contribution is 7.27.